The van der Waals surface area contributed by atoms with E-state index in [1.54, 1.807) is 11.7 Å². The number of amides is 2. The Morgan fingerprint density at radius 1 is 1.20 bits per heavy atom. The van der Waals surface area contributed by atoms with Gasteiger partial charge in [0.25, 0.3) is 5.56 Å². The van der Waals surface area contributed by atoms with Gasteiger partial charge in [-0.25, -0.2) is 0 Å². The molecular formula is C19H26N6O4S. The Bertz CT molecular complexity index is 1090. The highest BCUT2D eigenvalue weighted by Crippen LogP contribution is 2.20. The molecule has 3 aromatic heterocycles. The summed E-state index contributed by atoms with van der Waals surface area (Å²) in [6.45, 7) is 3.30. The number of fused-ring (bicyclic) bond motifs is 3. The molecule has 0 unspecified atom stereocenters. The number of hydrogen-bond acceptors (Lipinski definition) is 7. The SMILES string of the molecule is COCCCn1c(=O)c2sccc2n2c(CCCC(=O)NCCNC(C)=O)nnc12. The van der Waals surface area contributed by atoms with Crippen molar-refractivity contribution in [2.45, 2.75) is 39.2 Å². The van der Waals surface area contributed by atoms with Crippen LogP contribution >= 0.6 is 11.3 Å². The van der Waals surface area contributed by atoms with Gasteiger partial charge in [-0.3, -0.25) is 23.4 Å². The first-order chi connectivity index (χ1) is 14.5. The lowest BCUT2D eigenvalue weighted by atomic mass is 10.2. The van der Waals surface area contributed by atoms with E-state index in [1.807, 2.05) is 15.8 Å². The van der Waals surface area contributed by atoms with Crippen molar-refractivity contribution in [3.8, 4) is 0 Å². The van der Waals surface area contributed by atoms with Gasteiger partial charge in [0.05, 0.1) is 5.52 Å². The molecule has 162 valence electrons. The number of nitrogens with one attached hydrogen (secondary N) is 2. The molecule has 0 spiro atoms. The zero-order chi connectivity index (χ0) is 21.5. The summed E-state index contributed by atoms with van der Waals surface area (Å²) in [5.74, 6) is 1.03. The number of methoxy groups -OCH3 is 1. The highest BCUT2D eigenvalue weighted by Gasteiger charge is 2.17. The summed E-state index contributed by atoms with van der Waals surface area (Å²) in [6.07, 6.45) is 2.20. The van der Waals surface area contributed by atoms with E-state index in [4.69, 9.17) is 4.74 Å². The Balaban J connectivity index is 1.70. The Labute approximate surface area is 177 Å². The third-order valence-electron chi connectivity index (χ3n) is 4.63. The Hall–Kier alpha value is -2.79. The van der Waals surface area contributed by atoms with E-state index < -0.39 is 0 Å². The van der Waals surface area contributed by atoms with Crippen molar-refractivity contribution in [2.24, 2.45) is 0 Å². The average Bonchev–Trinajstić information content (AvgIpc) is 3.35. The quantitative estimate of drug-likeness (QED) is 0.429. The number of rotatable bonds is 11. The van der Waals surface area contributed by atoms with Gasteiger partial charge in [0.2, 0.25) is 17.6 Å². The van der Waals surface area contributed by atoms with Crippen molar-refractivity contribution in [1.82, 2.24) is 29.8 Å². The number of carbonyl (C=O) groups excluding carboxylic acids is 2. The number of hydrogen-bond donors (Lipinski definition) is 2. The normalized spacial score (nSPS) is 11.3. The van der Waals surface area contributed by atoms with E-state index in [-0.39, 0.29) is 17.4 Å². The van der Waals surface area contributed by atoms with Crippen LogP contribution in [0.15, 0.2) is 16.2 Å². The fourth-order valence-electron chi connectivity index (χ4n) is 3.25. The fraction of sp³-hybridized carbons (Fsp3) is 0.526. The lowest BCUT2D eigenvalue weighted by molar-refractivity contribution is -0.122. The van der Waals surface area contributed by atoms with Crippen LogP contribution in [0.3, 0.4) is 0 Å². The molecule has 0 saturated heterocycles. The van der Waals surface area contributed by atoms with Gasteiger partial charge in [0.1, 0.15) is 10.5 Å². The smallest absolute Gasteiger partial charge is 0.272 e. The molecule has 0 aliphatic carbocycles. The lowest BCUT2D eigenvalue weighted by Crippen LogP contribution is -2.33. The molecule has 3 heterocycles. The summed E-state index contributed by atoms with van der Waals surface area (Å²) in [6, 6.07) is 1.90. The molecular weight excluding hydrogens is 408 g/mol. The van der Waals surface area contributed by atoms with Crippen molar-refractivity contribution in [3.63, 3.8) is 0 Å². The number of ether oxygens (including phenoxy) is 1. The van der Waals surface area contributed by atoms with Crippen LogP contribution in [0, 0.1) is 0 Å². The second-order valence-corrected chi connectivity index (χ2v) is 7.79. The minimum absolute atomic E-state index is 0.0684. The molecule has 0 bridgehead atoms. The molecule has 0 radical (unpaired) electrons. The predicted octanol–water partition coefficient (Wildman–Crippen LogP) is 0.717. The second-order valence-electron chi connectivity index (χ2n) is 6.88. The highest BCUT2D eigenvalue weighted by atomic mass is 32.1. The van der Waals surface area contributed by atoms with Crippen LogP contribution in [0.4, 0.5) is 0 Å². The summed E-state index contributed by atoms with van der Waals surface area (Å²) in [4.78, 5) is 35.6. The average molecular weight is 435 g/mol. The fourth-order valence-corrected chi connectivity index (χ4v) is 4.07. The maximum atomic E-state index is 12.8. The first-order valence-electron chi connectivity index (χ1n) is 9.87. The zero-order valence-corrected chi connectivity index (χ0v) is 18.0. The monoisotopic (exact) mass is 434 g/mol. The van der Waals surface area contributed by atoms with E-state index in [2.05, 4.69) is 20.8 Å². The summed E-state index contributed by atoms with van der Waals surface area (Å²) in [5.41, 5.74) is 0.726. The molecule has 0 atom stereocenters. The van der Waals surface area contributed by atoms with Crippen LogP contribution in [-0.2, 0) is 27.3 Å². The van der Waals surface area contributed by atoms with E-state index in [0.29, 0.717) is 62.4 Å². The number of nitrogens with zero attached hydrogens (tertiary/aromatic N) is 4. The van der Waals surface area contributed by atoms with Gasteiger partial charge in [0, 0.05) is 53.1 Å². The standard InChI is InChI=1S/C19H26N6O4S/c1-13(26)20-8-9-21-16(27)6-3-5-15-22-23-19-24(10-4-11-29-2)18(28)17-14(25(15)19)7-12-30-17/h7,12H,3-6,8-11H2,1-2H3,(H,20,26)(H,21,27). The number of carbonyl (C=O) groups is 2. The molecule has 3 aromatic rings. The van der Waals surface area contributed by atoms with E-state index in [0.717, 1.165) is 11.3 Å². The number of aryl methyl sites for hydroxylation is 2. The van der Waals surface area contributed by atoms with Gasteiger partial charge in [-0.1, -0.05) is 0 Å². The molecule has 11 heteroatoms. The minimum atomic E-state index is -0.122. The maximum absolute atomic E-state index is 12.8. The van der Waals surface area contributed by atoms with Crippen molar-refractivity contribution >= 4 is 39.1 Å². The molecule has 0 fully saturated rings. The summed E-state index contributed by atoms with van der Waals surface area (Å²) in [5, 5.41) is 15.8. The first-order valence-corrected chi connectivity index (χ1v) is 10.7. The van der Waals surface area contributed by atoms with Crippen molar-refractivity contribution < 1.29 is 14.3 Å². The molecule has 3 rings (SSSR count). The van der Waals surface area contributed by atoms with Crippen LogP contribution in [0.25, 0.3) is 16.0 Å². The predicted molar refractivity (Wildman–Crippen MR) is 114 cm³/mol. The number of aromatic nitrogens is 4. The minimum Gasteiger partial charge on any atom is -0.385 e. The van der Waals surface area contributed by atoms with Crippen LogP contribution in [0.5, 0.6) is 0 Å². The molecule has 0 aliphatic rings. The molecule has 0 aromatic carbocycles. The molecule has 2 amide bonds. The topological polar surface area (TPSA) is 120 Å². The first kappa shape index (κ1) is 21.9. The van der Waals surface area contributed by atoms with Crippen LogP contribution in [-0.4, -0.2) is 57.8 Å². The van der Waals surface area contributed by atoms with Crippen LogP contribution in [0.1, 0.15) is 32.0 Å². The van der Waals surface area contributed by atoms with Crippen molar-refractivity contribution in [2.75, 3.05) is 26.8 Å². The maximum Gasteiger partial charge on any atom is 0.272 e. The highest BCUT2D eigenvalue weighted by molar-refractivity contribution is 7.17. The van der Waals surface area contributed by atoms with Crippen molar-refractivity contribution in [3.05, 3.63) is 27.6 Å². The zero-order valence-electron chi connectivity index (χ0n) is 17.1. The number of thiophene rings is 1. The van der Waals surface area contributed by atoms with E-state index in [9.17, 15) is 14.4 Å². The molecule has 0 saturated carbocycles. The molecule has 0 aliphatic heterocycles. The van der Waals surface area contributed by atoms with E-state index in [1.165, 1.54) is 18.3 Å². The Kier molecular flexibility index (Phi) is 7.52. The lowest BCUT2D eigenvalue weighted by Gasteiger charge is -2.09. The van der Waals surface area contributed by atoms with Gasteiger partial charge in [0.15, 0.2) is 0 Å². The Morgan fingerprint density at radius 3 is 2.77 bits per heavy atom. The van der Waals surface area contributed by atoms with Crippen LogP contribution in [0.2, 0.25) is 0 Å². The van der Waals surface area contributed by atoms with E-state index >= 15 is 0 Å². The molecule has 2 N–H and O–H groups in total. The molecule has 10 nitrogen and oxygen atoms in total. The van der Waals surface area contributed by atoms with Gasteiger partial charge in [-0.2, -0.15) is 0 Å². The van der Waals surface area contributed by atoms with Crippen LogP contribution < -0.4 is 16.2 Å². The molecule has 30 heavy (non-hydrogen) atoms. The van der Waals surface area contributed by atoms with Gasteiger partial charge in [-0.15, -0.1) is 21.5 Å². The Morgan fingerprint density at radius 2 is 2.00 bits per heavy atom. The summed E-state index contributed by atoms with van der Waals surface area (Å²) in [7, 11) is 1.63. The van der Waals surface area contributed by atoms with Gasteiger partial charge in [-0.05, 0) is 24.3 Å². The third kappa shape index (κ3) is 5.03. The summed E-state index contributed by atoms with van der Waals surface area (Å²) >= 11 is 1.40. The largest absolute Gasteiger partial charge is 0.385 e. The van der Waals surface area contributed by atoms with Gasteiger partial charge >= 0.3 is 0 Å². The van der Waals surface area contributed by atoms with Gasteiger partial charge < -0.3 is 15.4 Å². The van der Waals surface area contributed by atoms with Crippen molar-refractivity contribution in [1.29, 1.82) is 0 Å². The third-order valence-corrected chi connectivity index (χ3v) is 5.53. The second kappa shape index (κ2) is 10.3. The summed E-state index contributed by atoms with van der Waals surface area (Å²) < 4.78 is 9.32.